The Bertz CT molecular complexity index is 310. The van der Waals surface area contributed by atoms with Crippen LogP contribution in [-0.4, -0.2) is 56.3 Å². The van der Waals surface area contributed by atoms with Crippen molar-refractivity contribution >= 4 is 29.9 Å². The van der Waals surface area contributed by atoms with Gasteiger partial charge in [0.25, 0.3) is 0 Å². The lowest BCUT2D eigenvalue weighted by atomic mass is 10.0. The largest absolute Gasteiger partial charge is 0.390 e. The number of alkyl halides is 3. The molecule has 0 bridgehead atoms. The number of aliphatic imine (C=N–C) groups is 1. The van der Waals surface area contributed by atoms with E-state index in [1.54, 1.807) is 7.05 Å². The molecule has 1 atom stereocenters. The second-order valence-corrected chi connectivity index (χ2v) is 5.17. The molecule has 126 valence electrons. The minimum Gasteiger partial charge on any atom is -0.356 e. The van der Waals surface area contributed by atoms with Gasteiger partial charge in [0.2, 0.25) is 0 Å². The summed E-state index contributed by atoms with van der Waals surface area (Å²) in [6, 6.07) is 0.589. The molecule has 2 N–H and O–H groups in total. The number of nitrogens with zero attached hydrogens (tertiary/aromatic N) is 2. The molecule has 1 aliphatic heterocycles. The number of halogens is 4. The van der Waals surface area contributed by atoms with E-state index in [1.807, 2.05) is 0 Å². The van der Waals surface area contributed by atoms with E-state index in [0.29, 0.717) is 18.5 Å². The minimum absolute atomic E-state index is 0. The van der Waals surface area contributed by atoms with Crippen LogP contribution in [0.1, 0.15) is 32.6 Å². The van der Waals surface area contributed by atoms with Crippen molar-refractivity contribution in [2.75, 3.05) is 33.2 Å². The van der Waals surface area contributed by atoms with Gasteiger partial charge in [-0.05, 0) is 26.3 Å². The van der Waals surface area contributed by atoms with E-state index >= 15 is 0 Å². The highest BCUT2D eigenvalue weighted by Gasteiger charge is 2.26. The van der Waals surface area contributed by atoms with Crippen LogP contribution in [0.25, 0.3) is 0 Å². The molecule has 1 rings (SSSR count). The molecule has 1 fully saturated rings. The van der Waals surface area contributed by atoms with Crippen LogP contribution in [-0.2, 0) is 0 Å². The van der Waals surface area contributed by atoms with Gasteiger partial charge in [0.1, 0.15) is 0 Å². The number of guanidine groups is 1. The second kappa shape index (κ2) is 10.5. The molecule has 0 radical (unpaired) electrons. The van der Waals surface area contributed by atoms with Crippen molar-refractivity contribution in [3.63, 3.8) is 0 Å². The molecule has 0 aromatic rings. The van der Waals surface area contributed by atoms with Gasteiger partial charge in [0.15, 0.2) is 5.96 Å². The normalized spacial score (nSPS) is 20.8. The van der Waals surface area contributed by atoms with Crippen LogP contribution in [0.3, 0.4) is 0 Å². The first-order valence-corrected chi connectivity index (χ1v) is 7.17. The highest BCUT2D eigenvalue weighted by atomic mass is 127. The monoisotopic (exact) mass is 422 g/mol. The van der Waals surface area contributed by atoms with Gasteiger partial charge in [0, 0.05) is 32.7 Å². The Kier molecular flexibility index (Phi) is 10.3. The van der Waals surface area contributed by atoms with Crippen molar-refractivity contribution in [2.45, 2.75) is 44.8 Å². The summed E-state index contributed by atoms with van der Waals surface area (Å²) < 4.78 is 36.1. The molecule has 1 saturated heterocycles. The molecule has 21 heavy (non-hydrogen) atoms. The van der Waals surface area contributed by atoms with Gasteiger partial charge in [-0.1, -0.05) is 6.42 Å². The summed E-state index contributed by atoms with van der Waals surface area (Å²) in [5.74, 6) is 0.430. The zero-order chi connectivity index (χ0) is 15.0. The van der Waals surface area contributed by atoms with Gasteiger partial charge in [-0.15, -0.1) is 24.0 Å². The summed E-state index contributed by atoms with van der Waals surface area (Å²) in [5.41, 5.74) is 0. The Morgan fingerprint density at radius 1 is 1.24 bits per heavy atom. The number of piperidine rings is 1. The molecular formula is C13H26F3IN4. The molecule has 0 aliphatic carbocycles. The van der Waals surface area contributed by atoms with Crippen LogP contribution < -0.4 is 10.6 Å². The molecular weight excluding hydrogens is 396 g/mol. The second-order valence-electron chi connectivity index (χ2n) is 5.17. The van der Waals surface area contributed by atoms with E-state index in [1.165, 1.54) is 19.3 Å². The van der Waals surface area contributed by atoms with E-state index in [2.05, 4.69) is 27.4 Å². The Hall–Kier alpha value is -0.250. The molecule has 1 aliphatic rings. The molecule has 1 unspecified atom stereocenters. The SMILES string of the molecule is CN=C(NCCN1CCCCC1C)NCCC(F)(F)F.I. The van der Waals surface area contributed by atoms with Crippen molar-refractivity contribution in [3.05, 3.63) is 0 Å². The molecule has 1 heterocycles. The van der Waals surface area contributed by atoms with Gasteiger partial charge in [-0.3, -0.25) is 9.89 Å². The third-order valence-electron chi connectivity index (χ3n) is 3.56. The van der Waals surface area contributed by atoms with Crippen molar-refractivity contribution in [1.29, 1.82) is 0 Å². The first-order chi connectivity index (χ1) is 9.42. The summed E-state index contributed by atoms with van der Waals surface area (Å²) in [5, 5.41) is 5.73. The number of hydrogen-bond acceptors (Lipinski definition) is 2. The van der Waals surface area contributed by atoms with Crippen molar-refractivity contribution < 1.29 is 13.2 Å². The molecule has 0 saturated carbocycles. The zero-order valence-corrected chi connectivity index (χ0v) is 15.0. The quantitative estimate of drug-likeness (QED) is 0.407. The highest BCUT2D eigenvalue weighted by Crippen LogP contribution is 2.18. The fourth-order valence-corrected chi connectivity index (χ4v) is 2.35. The maximum Gasteiger partial charge on any atom is 0.390 e. The summed E-state index contributed by atoms with van der Waals surface area (Å²) in [7, 11) is 1.56. The van der Waals surface area contributed by atoms with Gasteiger partial charge in [-0.2, -0.15) is 13.2 Å². The Morgan fingerprint density at radius 2 is 1.90 bits per heavy atom. The molecule has 0 spiro atoms. The van der Waals surface area contributed by atoms with Crippen LogP contribution in [0.5, 0.6) is 0 Å². The molecule has 0 aromatic heterocycles. The van der Waals surface area contributed by atoms with Gasteiger partial charge >= 0.3 is 6.18 Å². The topological polar surface area (TPSA) is 39.7 Å². The van der Waals surface area contributed by atoms with Crippen molar-refractivity contribution in [1.82, 2.24) is 15.5 Å². The van der Waals surface area contributed by atoms with E-state index < -0.39 is 12.6 Å². The number of rotatable bonds is 5. The maximum absolute atomic E-state index is 12.0. The standard InChI is InChI=1S/C13H25F3N4.HI/c1-11-5-3-4-9-20(11)10-8-19-12(17-2)18-7-6-13(14,15)16;/h11H,3-10H2,1-2H3,(H2,17,18,19);1H. The fraction of sp³-hybridized carbons (Fsp3) is 0.923. The van der Waals surface area contributed by atoms with Crippen LogP contribution >= 0.6 is 24.0 Å². The third-order valence-corrected chi connectivity index (χ3v) is 3.56. The zero-order valence-electron chi connectivity index (χ0n) is 12.7. The van der Waals surface area contributed by atoms with Gasteiger partial charge in [-0.25, -0.2) is 0 Å². The minimum atomic E-state index is -4.13. The lowest BCUT2D eigenvalue weighted by Gasteiger charge is -2.33. The first kappa shape index (κ1) is 20.8. The van der Waals surface area contributed by atoms with Crippen LogP contribution in [0.4, 0.5) is 13.2 Å². The summed E-state index contributed by atoms with van der Waals surface area (Å²) in [4.78, 5) is 6.32. The average Bonchev–Trinajstić information content (AvgIpc) is 2.37. The average molecular weight is 422 g/mol. The van der Waals surface area contributed by atoms with Crippen LogP contribution in [0.2, 0.25) is 0 Å². The highest BCUT2D eigenvalue weighted by molar-refractivity contribution is 14.0. The number of hydrogen-bond donors (Lipinski definition) is 2. The van der Waals surface area contributed by atoms with E-state index in [4.69, 9.17) is 0 Å². The summed E-state index contributed by atoms with van der Waals surface area (Å²) >= 11 is 0. The predicted molar refractivity (Wildman–Crippen MR) is 90.3 cm³/mol. The maximum atomic E-state index is 12.0. The Morgan fingerprint density at radius 3 is 2.48 bits per heavy atom. The molecule has 0 aromatic carbocycles. The van der Waals surface area contributed by atoms with Gasteiger partial charge < -0.3 is 10.6 Å². The van der Waals surface area contributed by atoms with Crippen LogP contribution in [0.15, 0.2) is 4.99 Å². The van der Waals surface area contributed by atoms with Crippen molar-refractivity contribution in [2.24, 2.45) is 4.99 Å². The molecule has 0 amide bonds. The smallest absolute Gasteiger partial charge is 0.356 e. The lowest BCUT2D eigenvalue weighted by molar-refractivity contribution is -0.132. The van der Waals surface area contributed by atoms with E-state index in [0.717, 1.165) is 13.1 Å². The van der Waals surface area contributed by atoms with E-state index in [-0.39, 0.29) is 30.5 Å². The van der Waals surface area contributed by atoms with Crippen LogP contribution in [0, 0.1) is 0 Å². The summed E-state index contributed by atoms with van der Waals surface area (Å²) in [6.07, 6.45) is -1.25. The molecule has 8 heteroatoms. The Labute approximate surface area is 142 Å². The van der Waals surface area contributed by atoms with Crippen molar-refractivity contribution in [3.8, 4) is 0 Å². The third kappa shape index (κ3) is 9.38. The predicted octanol–water partition coefficient (Wildman–Crippen LogP) is 2.60. The number of nitrogens with one attached hydrogen (secondary N) is 2. The molecule has 4 nitrogen and oxygen atoms in total. The number of likely N-dealkylation sites (tertiary alicyclic amines) is 1. The lowest BCUT2D eigenvalue weighted by Crippen LogP contribution is -2.45. The Balaban J connectivity index is 0.00000400. The fourth-order valence-electron chi connectivity index (χ4n) is 2.35. The summed E-state index contributed by atoms with van der Waals surface area (Å²) in [6.45, 7) is 4.75. The van der Waals surface area contributed by atoms with Gasteiger partial charge in [0.05, 0.1) is 6.42 Å². The van der Waals surface area contributed by atoms with E-state index in [9.17, 15) is 13.2 Å². The first-order valence-electron chi connectivity index (χ1n) is 7.17.